The molecule has 0 radical (unpaired) electrons. The zero-order valence-corrected chi connectivity index (χ0v) is 12.0. The molecule has 2 atom stereocenters. The van der Waals surface area contributed by atoms with Gasteiger partial charge in [0.1, 0.15) is 24.9 Å². The van der Waals surface area contributed by atoms with E-state index in [-0.39, 0.29) is 0 Å². The Kier molecular flexibility index (Phi) is 3.01. The average molecular weight is 291 g/mol. The van der Waals surface area contributed by atoms with Gasteiger partial charge in [-0.15, -0.1) is 0 Å². The van der Waals surface area contributed by atoms with E-state index in [9.17, 15) is 5.11 Å². The van der Waals surface area contributed by atoms with E-state index in [1.807, 2.05) is 12.1 Å². The molecular weight excluding hydrogens is 270 g/mol. The highest BCUT2D eigenvalue weighted by Crippen LogP contribution is 2.52. The number of aliphatic hydroxyl groups is 1. The second kappa shape index (κ2) is 4.78. The van der Waals surface area contributed by atoms with Gasteiger partial charge in [-0.2, -0.15) is 0 Å². The molecule has 1 fully saturated rings. The molecule has 114 valence electrons. The van der Waals surface area contributed by atoms with Crippen molar-refractivity contribution in [3.8, 4) is 17.2 Å². The Balaban J connectivity index is 1.81. The molecule has 5 nitrogen and oxygen atoms in total. The topological polar surface area (TPSA) is 73.9 Å². The zero-order chi connectivity index (χ0) is 14.4. The summed E-state index contributed by atoms with van der Waals surface area (Å²) in [5.74, 6) is 1.94. The highest BCUT2D eigenvalue weighted by Gasteiger charge is 2.49. The van der Waals surface area contributed by atoms with Crippen LogP contribution in [-0.4, -0.2) is 30.0 Å². The van der Waals surface area contributed by atoms with Gasteiger partial charge in [-0.1, -0.05) is 6.42 Å². The fraction of sp³-hybridized carbons (Fsp3) is 0.625. The summed E-state index contributed by atoms with van der Waals surface area (Å²) >= 11 is 0. The standard InChI is InChI=1S/C16H21NO4/c17-15-12(18)10-4-5-11-14(20-9-8-19-11)13(10)21-16(15)6-2-1-3-7-16/h4-5,12,15,18H,1-3,6-9,17H2. The molecule has 0 saturated heterocycles. The number of rotatable bonds is 0. The van der Waals surface area contributed by atoms with E-state index in [1.165, 1.54) is 6.42 Å². The number of benzene rings is 1. The van der Waals surface area contributed by atoms with Crippen LogP contribution in [0.5, 0.6) is 17.2 Å². The fourth-order valence-electron chi connectivity index (χ4n) is 3.78. The van der Waals surface area contributed by atoms with Crippen LogP contribution in [0.1, 0.15) is 43.8 Å². The van der Waals surface area contributed by atoms with E-state index in [1.54, 1.807) is 0 Å². The molecule has 1 aromatic carbocycles. The Morgan fingerprint density at radius 1 is 1.05 bits per heavy atom. The molecule has 1 aromatic rings. The summed E-state index contributed by atoms with van der Waals surface area (Å²) in [6, 6.07) is 3.27. The third-order valence-corrected chi connectivity index (χ3v) is 4.97. The second-order valence-electron chi connectivity index (χ2n) is 6.21. The molecule has 1 spiro atoms. The van der Waals surface area contributed by atoms with Gasteiger partial charge in [-0.25, -0.2) is 0 Å². The van der Waals surface area contributed by atoms with Crippen LogP contribution in [0, 0.1) is 0 Å². The van der Waals surface area contributed by atoms with Crippen LogP contribution < -0.4 is 19.9 Å². The quantitative estimate of drug-likeness (QED) is 0.764. The summed E-state index contributed by atoms with van der Waals surface area (Å²) in [7, 11) is 0. The molecular formula is C16H21NO4. The first-order valence-corrected chi connectivity index (χ1v) is 7.76. The normalized spacial score (nSPS) is 29.6. The van der Waals surface area contributed by atoms with Crippen LogP contribution in [-0.2, 0) is 0 Å². The van der Waals surface area contributed by atoms with E-state index in [4.69, 9.17) is 19.9 Å². The van der Waals surface area contributed by atoms with Crippen LogP contribution in [0.2, 0.25) is 0 Å². The van der Waals surface area contributed by atoms with E-state index in [2.05, 4.69) is 0 Å². The van der Waals surface area contributed by atoms with Gasteiger partial charge in [-0.3, -0.25) is 0 Å². The molecule has 5 heteroatoms. The van der Waals surface area contributed by atoms with Crippen LogP contribution >= 0.6 is 0 Å². The molecule has 3 N–H and O–H groups in total. The lowest BCUT2D eigenvalue weighted by Gasteiger charge is -2.48. The van der Waals surface area contributed by atoms with Crippen molar-refractivity contribution in [3.63, 3.8) is 0 Å². The Morgan fingerprint density at radius 2 is 1.81 bits per heavy atom. The van der Waals surface area contributed by atoms with Crippen molar-refractivity contribution in [2.45, 2.75) is 49.9 Å². The Hall–Kier alpha value is -1.46. The Morgan fingerprint density at radius 3 is 2.62 bits per heavy atom. The van der Waals surface area contributed by atoms with Crippen molar-refractivity contribution >= 4 is 0 Å². The minimum Gasteiger partial charge on any atom is -0.486 e. The molecule has 0 aromatic heterocycles. The summed E-state index contributed by atoms with van der Waals surface area (Å²) in [6.07, 6.45) is 4.42. The van der Waals surface area contributed by atoms with E-state index in [0.29, 0.717) is 36.0 Å². The summed E-state index contributed by atoms with van der Waals surface area (Å²) in [5, 5.41) is 10.6. The molecule has 2 unspecified atom stereocenters. The predicted molar refractivity (Wildman–Crippen MR) is 76.8 cm³/mol. The van der Waals surface area contributed by atoms with Crippen LogP contribution in [0.4, 0.5) is 0 Å². The maximum atomic E-state index is 10.6. The Labute approximate surface area is 124 Å². The molecule has 1 saturated carbocycles. The first-order chi connectivity index (χ1) is 10.2. The van der Waals surface area contributed by atoms with E-state index < -0.39 is 17.7 Å². The molecule has 2 aliphatic heterocycles. The van der Waals surface area contributed by atoms with Crippen molar-refractivity contribution in [1.29, 1.82) is 0 Å². The number of nitrogens with two attached hydrogens (primary N) is 1. The monoisotopic (exact) mass is 291 g/mol. The molecule has 2 heterocycles. The maximum absolute atomic E-state index is 10.6. The van der Waals surface area contributed by atoms with Crippen molar-refractivity contribution in [2.75, 3.05) is 13.2 Å². The van der Waals surface area contributed by atoms with E-state index in [0.717, 1.165) is 25.7 Å². The van der Waals surface area contributed by atoms with Crippen molar-refractivity contribution in [1.82, 2.24) is 0 Å². The fourth-order valence-corrected chi connectivity index (χ4v) is 3.78. The lowest BCUT2D eigenvalue weighted by atomic mass is 9.74. The van der Waals surface area contributed by atoms with Gasteiger partial charge in [-0.05, 0) is 37.8 Å². The van der Waals surface area contributed by atoms with E-state index >= 15 is 0 Å². The van der Waals surface area contributed by atoms with Crippen LogP contribution in [0.3, 0.4) is 0 Å². The van der Waals surface area contributed by atoms with Gasteiger partial charge in [0.05, 0.1) is 6.04 Å². The lowest BCUT2D eigenvalue weighted by molar-refractivity contribution is -0.0608. The molecule has 1 aliphatic carbocycles. The number of hydrogen-bond acceptors (Lipinski definition) is 5. The molecule has 4 rings (SSSR count). The summed E-state index contributed by atoms with van der Waals surface area (Å²) < 4.78 is 17.7. The van der Waals surface area contributed by atoms with Crippen LogP contribution in [0.15, 0.2) is 12.1 Å². The first kappa shape index (κ1) is 13.2. The van der Waals surface area contributed by atoms with Gasteiger partial charge in [0.25, 0.3) is 0 Å². The molecule has 21 heavy (non-hydrogen) atoms. The van der Waals surface area contributed by atoms with Gasteiger partial charge in [0.15, 0.2) is 11.5 Å². The zero-order valence-electron chi connectivity index (χ0n) is 12.0. The lowest BCUT2D eigenvalue weighted by Crippen LogP contribution is -2.58. The number of aliphatic hydroxyl groups excluding tert-OH is 1. The summed E-state index contributed by atoms with van der Waals surface area (Å²) in [4.78, 5) is 0. The average Bonchev–Trinajstić information content (AvgIpc) is 2.54. The van der Waals surface area contributed by atoms with Crippen LogP contribution in [0.25, 0.3) is 0 Å². The van der Waals surface area contributed by atoms with Crippen molar-refractivity contribution in [3.05, 3.63) is 17.7 Å². The molecule has 3 aliphatic rings. The number of hydrogen-bond donors (Lipinski definition) is 2. The highest BCUT2D eigenvalue weighted by molar-refractivity contribution is 5.58. The van der Waals surface area contributed by atoms with Crippen molar-refractivity contribution in [2.24, 2.45) is 5.73 Å². The summed E-state index contributed by atoms with van der Waals surface area (Å²) in [6.45, 7) is 1.04. The summed E-state index contributed by atoms with van der Waals surface area (Å²) in [5.41, 5.74) is 6.57. The highest BCUT2D eigenvalue weighted by atomic mass is 16.6. The van der Waals surface area contributed by atoms with Gasteiger partial charge < -0.3 is 25.1 Å². The molecule has 0 amide bonds. The van der Waals surface area contributed by atoms with Gasteiger partial charge in [0, 0.05) is 5.56 Å². The number of ether oxygens (including phenoxy) is 3. The van der Waals surface area contributed by atoms with Gasteiger partial charge >= 0.3 is 0 Å². The van der Waals surface area contributed by atoms with Gasteiger partial charge in [0.2, 0.25) is 5.75 Å². The molecule has 0 bridgehead atoms. The first-order valence-electron chi connectivity index (χ1n) is 7.76. The number of fused-ring (bicyclic) bond motifs is 3. The minimum atomic E-state index is -0.720. The smallest absolute Gasteiger partial charge is 0.204 e. The Bertz CT molecular complexity index is 553. The third kappa shape index (κ3) is 1.91. The second-order valence-corrected chi connectivity index (χ2v) is 6.21. The maximum Gasteiger partial charge on any atom is 0.204 e. The SMILES string of the molecule is NC1C(O)c2ccc3c(c2OC12CCCCC2)OCCO3. The third-order valence-electron chi connectivity index (χ3n) is 4.97. The largest absolute Gasteiger partial charge is 0.486 e. The van der Waals surface area contributed by atoms with Crippen molar-refractivity contribution < 1.29 is 19.3 Å². The predicted octanol–water partition coefficient (Wildman–Crippen LogP) is 1.91. The minimum absolute atomic E-state index is 0.396.